The number of carbonyl (C=O) groups is 1. The van der Waals surface area contributed by atoms with Crippen LogP contribution in [0.15, 0.2) is 73.1 Å². The van der Waals surface area contributed by atoms with Gasteiger partial charge in [-0.25, -0.2) is 4.79 Å². The van der Waals surface area contributed by atoms with Crippen molar-refractivity contribution in [3.63, 3.8) is 0 Å². The fourth-order valence-corrected chi connectivity index (χ4v) is 3.04. The smallest absolute Gasteiger partial charge is 0.339 e. The normalized spacial score (nSPS) is 10.7. The molecule has 0 bridgehead atoms. The van der Waals surface area contributed by atoms with E-state index >= 15 is 0 Å². The Labute approximate surface area is 144 Å². The van der Waals surface area contributed by atoms with Crippen molar-refractivity contribution >= 4 is 22.3 Å². The largest absolute Gasteiger partial charge is 0.457 e. The number of nitriles is 1. The zero-order valence-corrected chi connectivity index (χ0v) is 13.3. The lowest BCUT2D eigenvalue weighted by Crippen LogP contribution is -2.06. The van der Waals surface area contributed by atoms with Gasteiger partial charge in [-0.3, -0.25) is 0 Å². The molecular weight excluding hydrogens is 312 g/mol. The highest BCUT2D eigenvalue weighted by Crippen LogP contribution is 2.22. The number of fused-ring (bicyclic) bond motifs is 2. The molecule has 2 aromatic heterocycles. The fraction of sp³-hybridized carbons (Fsp3) is 0.0476. The van der Waals surface area contributed by atoms with Crippen molar-refractivity contribution < 1.29 is 9.53 Å². The predicted molar refractivity (Wildman–Crippen MR) is 95.2 cm³/mol. The molecule has 2 heterocycles. The van der Waals surface area contributed by atoms with E-state index in [0.29, 0.717) is 16.7 Å². The van der Waals surface area contributed by atoms with E-state index in [2.05, 4.69) is 6.07 Å². The van der Waals surface area contributed by atoms with Crippen molar-refractivity contribution in [1.82, 2.24) is 4.40 Å². The minimum atomic E-state index is -0.393. The maximum atomic E-state index is 12.5. The van der Waals surface area contributed by atoms with Gasteiger partial charge in [-0.15, -0.1) is 0 Å². The summed E-state index contributed by atoms with van der Waals surface area (Å²) >= 11 is 0. The number of carbonyl (C=O) groups excluding carboxylic acids is 1. The van der Waals surface area contributed by atoms with Gasteiger partial charge in [0.05, 0.1) is 16.6 Å². The number of hydrogen-bond donors (Lipinski definition) is 0. The third kappa shape index (κ3) is 2.62. The second-order valence-electron chi connectivity index (χ2n) is 5.74. The Morgan fingerprint density at radius 1 is 1.04 bits per heavy atom. The number of rotatable bonds is 3. The molecule has 120 valence electrons. The SMILES string of the molecule is N#Cc1c(COC(=O)c2cccc3ccccc23)cn2ccccc12. The van der Waals surface area contributed by atoms with Crippen molar-refractivity contribution in [1.29, 1.82) is 5.26 Å². The summed E-state index contributed by atoms with van der Waals surface area (Å²) < 4.78 is 7.35. The number of ether oxygens (including phenoxy) is 1. The number of benzene rings is 2. The molecule has 0 spiro atoms. The van der Waals surface area contributed by atoms with Crippen LogP contribution in [0.25, 0.3) is 16.3 Å². The van der Waals surface area contributed by atoms with Gasteiger partial charge in [0.25, 0.3) is 0 Å². The highest BCUT2D eigenvalue weighted by molar-refractivity contribution is 6.04. The highest BCUT2D eigenvalue weighted by atomic mass is 16.5. The molecule has 0 aliphatic rings. The predicted octanol–water partition coefficient (Wildman–Crippen LogP) is 4.32. The molecule has 0 saturated carbocycles. The maximum absolute atomic E-state index is 12.5. The summed E-state index contributed by atoms with van der Waals surface area (Å²) in [6.45, 7) is 0.0621. The van der Waals surface area contributed by atoms with Crippen LogP contribution in [0.3, 0.4) is 0 Å². The van der Waals surface area contributed by atoms with E-state index in [0.717, 1.165) is 16.3 Å². The first-order chi connectivity index (χ1) is 12.3. The topological polar surface area (TPSA) is 54.5 Å². The van der Waals surface area contributed by atoms with Crippen LogP contribution in [0.5, 0.6) is 0 Å². The lowest BCUT2D eigenvalue weighted by molar-refractivity contribution is 0.0475. The third-order valence-corrected chi connectivity index (χ3v) is 4.24. The standard InChI is InChI=1S/C21H14N2O2/c22-12-19-16(13-23-11-4-3-10-20(19)23)14-25-21(24)18-9-5-7-15-6-1-2-8-17(15)18/h1-11,13H,14H2. The Hall–Kier alpha value is -3.58. The van der Waals surface area contributed by atoms with Crippen LogP contribution >= 0.6 is 0 Å². The molecule has 0 radical (unpaired) electrons. The minimum absolute atomic E-state index is 0.0621. The molecule has 0 aliphatic heterocycles. The van der Waals surface area contributed by atoms with Gasteiger partial charge in [0.15, 0.2) is 0 Å². The number of hydrogen-bond acceptors (Lipinski definition) is 3. The van der Waals surface area contributed by atoms with Crippen molar-refractivity contribution in [3.8, 4) is 6.07 Å². The lowest BCUT2D eigenvalue weighted by atomic mass is 10.0. The molecule has 0 unspecified atom stereocenters. The molecule has 25 heavy (non-hydrogen) atoms. The molecule has 0 aliphatic carbocycles. The molecule has 4 rings (SSSR count). The number of nitrogens with zero attached hydrogens (tertiary/aromatic N) is 2. The Morgan fingerprint density at radius 2 is 1.84 bits per heavy atom. The van der Waals surface area contributed by atoms with Crippen LogP contribution < -0.4 is 0 Å². The van der Waals surface area contributed by atoms with Gasteiger partial charge >= 0.3 is 5.97 Å². The van der Waals surface area contributed by atoms with Gasteiger partial charge in [0.1, 0.15) is 12.7 Å². The van der Waals surface area contributed by atoms with Crippen LogP contribution in [0, 0.1) is 11.3 Å². The summed E-state index contributed by atoms with van der Waals surface area (Å²) in [4.78, 5) is 12.5. The quantitative estimate of drug-likeness (QED) is 0.527. The van der Waals surface area contributed by atoms with Gasteiger partial charge in [0.2, 0.25) is 0 Å². The van der Waals surface area contributed by atoms with Gasteiger partial charge in [-0.1, -0.05) is 42.5 Å². The number of pyridine rings is 1. The zero-order chi connectivity index (χ0) is 17.2. The van der Waals surface area contributed by atoms with Crippen LogP contribution in [0.4, 0.5) is 0 Å². The summed E-state index contributed by atoms with van der Waals surface area (Å²) in [6, 6.07) is 21.1. The third-order valence-electron chi connectivity index (χ3n) is 4.24. The van der Waals surface area contributed by atoms with Gasteiger partial charge in [-0.2, -0.15) is 5.26 Å². The highest BCUT2D eigenvalue weighted by Gasteiger charge is 2.15. The molecule has 0 fully saturated rings. The summed E-state index contributed by atoms with van der Waals surface area (Å²) in [7, 11) is 0. The number of esters is 1. The molecule has 0 saturated heterocycles. The second-order valence-corrected chi connectivity index (χ2v) is 5.74. The van der Waals surface area contributed by atoms with Crippen LogP contribution in [0.2, 0.25) is 0 Å². The van der Waals surface area contributed by atoms with Crippen LogP contribution in [-0.4, -0.2) is 10.4 Å². The molecule has 4 nitrogen and oxygen atoms in total. The van der Waals surface area contributed by atoms with E-state index < -0.39 is 5.97 Å². The molecule has 0 atom stereocenters. The maximum Gasteiger partial charge on any atom is 0.339 e. The molecule has 4 aromatic rings. The first-order valence-corrected chi connectivity index (χ1v) is 7.91. The Bertz CT molecular complexity index is 1130. The van der Waals surface area contributed by atoms with E-state index in [9.17, 15) is 10.1 Å². The van der Waals surface area contributed by atoms with E-state index in [4.69, 9.17) is 4.74 Å². The summed E-state index contributed by atoms with van der Waals surface area (Å²) in [5, 5.41) is 11.3. The molecule has 4 heteroatoms. The first kappa shape index (κ1) is 15.0. The minimum Gasteiger partial charge on any atom is -0.457 e. The Balaban J connectivity index is 1.63. The number of aromatic nitrogens is 1. The van der Waals surface area contributed by atoms with Crippen molar-refractivity contribution in [2.45, 2.75) is 6.61 Å². The van der Waals surface area contributed by atoms with E-state index in [1.165, 1.54) is 0 Å². The van der Waals surface area contributed by atoms with Gasteiger partial charge in [-0.05, 0) is 29.0 Å². The molecule has 0 N–H and O–H groups in total. The fourth-order valence-electron chi connectivity index (χ4n) is 3.04. The summed E-state index contributed by atoms with van der Waals surface area (Å²) in [5.74, 6) is -0.393. The molecule has 0 amide bonds. The lowest BCUT2D eigenvalue weighted by Gasteiger charge is -2.07. The molecular formula is C21H14N2O2. The Kier molecular flexibility index (Phi) is 3.68. The first-order valence-electron chi connectivity index (χ1n) is 7.91. The van der Waals surface area contributed by atoms with E-state index in [1.807, 2.05) is 71.4 Å². The zero-order valence-electron chi connectivity index (χ0n) is 13.3. The van der Waals surface area contributed by atoms with Gasteiger partial charge in [0, 0.05) is 18.0 Å². The van der Waals surface area contributed by atoms with E-state index in [-0.39, 0.29) is 6.61 Å². The van der Waals surface area contributed by atoms with E-state index in [1.54, 1.807) is 6.07 Å². The Morgan fingerprint density at radius 3 is 2.72 bits per heavy atom. The summed E-state index contributed by atoms with van der Waals surface area (Å²) in [6.07, 6.45) is 3.69. The van der Waals surface area contributed by atoms with Crippen molar-refractivity contribution in [3.05, 3.63) is 89.7 Å². The van der Waals surface area contributed by atoms with Gasteiger partial charge < -0.3 is 9.14 Å². The second kappa shape index (κ2) is 6.14. The van der Waals surface area contributed by atoms with Crippen LogP contribution in [0.1, 0.15) is 21.5 Å². The monoisotopic (exact) mass is 326 g/mol. The summed E-state index contributed by atoms with van der Waals surface area (Å²) in [5.41, 5.74) is 2.56. The van der Waals surface area contributed by atoms with Crippen molar-refractivity contribution in [2.75, 3.05) is 0 Å². The average molecular weight is 326 g/mol. The average Bonchev–Trinajstić information content (AvgIpc) is 3.03. The van der Waals surface area contributed by atoms with Crippen molar-refractivity contribution in [2.24, 2.45) is 0 Å². The molecule has 2 aromatic carbocycles. The van der Waals surface area contributed by atoms with Crippen LogP contribution in [-0.2, 0) is 11.3 Å².